The van der Waals surface area contributed by atoms with Gasteiger partial charge in [-0.05, 0) is 25.2 Å². The Morgan fingerprint density at radius 1 is 1.09 bits per heavy atom. The summed E-state index contributed by atoms with van der Waals surface area (Å²) < 4.78 is 11.3. The molecule has 0 aromatic heterocycles. The number of morpholine rings is 1. The van der Waals surface area contributed by atoms with Gasteiger partial charge in [0.1, 0.15) is 5.60 Å². The maximum Gasteiger partial charge on any atom is 0.225 e. The van der Waals surface area contributed by atoms with Crippen LogP contribution < -0.4 is 0 Å². The van der Waals surface area contributed by atoms with Gasteiger partial charge in [-0.25, -0.2) is 0 Å². The van der Waals surface area contributed by atoms with Gasteiger partial charge in [-0.1, -0.05) is 0 Å². The first kappa shape index (κ1) is 14.5. The van der Waals surface area contributed by atoms with Crippen LogP contribution in [-0.4, -0.2) is 73.2 Å². The van der Waals surface area contributed by atoms with Gasteiger partial charge >= 0.3 is 0 Å². The first-order valence-electron chi connectivity index (χ1n) is 8.43. The van der Waals surface area contributed by atoms with E-state index in [0.717, 1.165) is 32.4 Å². The quantitative estimate of drug-likeness (QED) is 0.750. The molecule has 0 radical (unpaired) electrons. The minimum atomic E-state index is -0.152. The minimum absolute atomic E-state index is 0.152. The Balaban J connectivity index is 1.24. The monoisotopic (exact) mass is 308 g/mol. The number of carbonyl (C=O) groups is 2. The van der Waals surface area contributed by atoms with E-state index in [2.05, 4.69) is 0 Å². The summed E-state index contributed by atoms with van der Waals surface area (Å²) in [5, 5.41) is 0. The van der Waals surface area contributed by atoms with E-state index in [0.29, 0.717) is 51.2 Å². The van der Waals surface area contributed by atoms with Gasteiger partial charge in [0.2, 0.25) is 11.8 Å². The first-order valence-corrected chi connectivity index (χ1v) is 8.43. The lowest BCUT2D eigenvalue weighted by atomic mass is 9.85. The van der Waals surface area contributed by atoms with Crippen LogP contribution in [0.25, 0.3) is 0 Å². The Morgan fingerprint density at radius 2 is 1.82 bits per heavy atom. The lowest BCUT2D eigenvalue weighted by Gasteiger charge is -2.47. The van der Waals surface area contributed by atoms with Crippen LogP contribution in [0.15, 0.2) is 0 Å². The van der Waals surface area contributed by atoms with Crippen LogP contribution in [-0.2, 0) is 19.1 Å². The van der Waals surface area contributed by atoms with Crippen molar-refractivity contribution in [3.63, 3.8) is 0 Å². The summed E-state index contributed by atoms with van der Waals surface area (Å²) in [7, 11) is 0. The van der Waals surface area contributed by atoms with Crippen molar-refractivity contribution in [3.8, 4) is 0 Å². The second kappa shape index (κ2) is 5.49. The minimum Gasteiger partial charge on any atom is -0.378 e. The number of amides is 2. The number of carbonyl (C=O) groups excluding carboxylic acids is 2. The molecule has 0 aromatic carbocycles. The lowest BCUT2D eigenvalue weighted by molar-refractivity contribution is -0.159. The molecule has 22 heavy (non-hydrogen) atoms. The maximum atomic E-state index is 12.3. The predicted molar refractivity (Wildman–Crippen MR) is 78.1 cm³/mol. The Kier molecular flexibility index (Phi) is 3.61. The van der Waals surface area contributed by atoms with Gasteiger partial charge in [0.05, 0.1) is 32.9 Å². The van der Waals surface area contributed by atoms with Crippen molar-refractivity contribution >= 4 is 11.8 Å². The first-order chi connectivity index (χ1) is 10.7. The smallest absolute Gasteiger partial charge is 0.225 e. The third kappa shape index (κ3) is 2.74. The standard InChI is InChI=1S/C16H24N2O4/c19-14(17-3-5-21-6-4-17)7-12-8-16(22-9-12)10-18(11-16)15(20)13-1-2-13/h12-13H,1-11H2. The normalized spacial score (nSPS) is 30.5. The third-order valence-electron chi connectivity index (χ3n) is 5.31. The summed E-state index contributed by atoms with van der Waals surface area (Å²) in [5.41, 5.74) is -0.152. The number of nitrogens with zero attached hydrogens (tertiary/aromatic N) is 2. The van der Waals surface area contributed by atoms with Crippen LogP contribution >= 0.6 is 0 Å². The number of hydrogen-bond donors (Lipinski definition) is 0. The molecule has 4 fully saturated rings. The van der Waals surface area contributed by atoms with Gasteiger partial charge in [0.15, 0.2) is 0 Å². The van der Waals surface area contributed by atoms with Crippen molar-refractivity contribution in [1.82, 2.24) is 9.80 Å². The number of ether oxygens (including phenoxy) is 2. The fourth-order valence-electron chi connectivity index (χ4n) is 3.87. The zero-order chi connectivity index (χ0) is 15.2. The molecule has 1 spiro atoms. The number of rotatable bonds is 3. The molecule has 4 aliphatic rings. The molecular formula is C16H24N2O4. The number of hydrogen-bond acceptors (Lipinski definition) is 4. The highest BCUT2D eigenvalue weighted by atomic mass is 16.5. The molecule has 1 saturated carbocycles. The van der Waals surface area contributed by atoms with Gasteiger partial charge in [-0.3, -0.25) is 9.59 Å². The van der Waals surface area contributed by atoms with Gasteiger partial charge in [0.25, 0.3) is 0 Å². The van der Waals surface area contributed by atoms with E-state index in [9.17, 15) is 9.59 Å². The van der Waals surface area contributed by atoms with Crippen LogP contribution in [0.5, 0.6) is 0 Å². The van der Waals surface area contributed by atoms with Crippen molar-refractivity contribution in [2.45, 2.75) is 31.3 Å². The molecule has 2 amide bonds. The number of likely N-dealkylation sites (tertiary alicyclic amines) is 1. The van der Waals surface area contributed by atoms with Crippen molar-refractivity contribution in [1.29, 1.82) is 0 Å². The van der Waals surface area contributed by atoms with E-state index in [1.165, 1.54) is 0 Å². The van der Waals surface area contributed by atoms with Crippen molar-refractivity contribution in [2.24, 2.45) is 11.8 Å². The molecule has 6 nitrogen and oxygen atoms in total. The summed E-state index contributed by atoms with van der Waals surface area (Å²) in [6, 6.07) is 0. The van der Waals surface area contributed by atoms with E-state index < -0.39 is 0 Å². The Morgan fingerprint density at radius 3 is 2.50 bits per heavy atom. The molecule has 4 rings (SSSR count). The molecule has 3 heterocycles. The molecule has 1 atom stereocenters. The predicted octanol–water partition coefficient (Wildman–Crippen LogP) is 0.263. The summed E-state index contributed by atoms with van der Waals surface area (Å²) in [6.45, 7) is 4.82. The second-order valence-corrected chi connectivity index (χ2v) is 7.23. The average molecular weight is 308 g/mol. The largest absolute Gasteiger partial charge is 0.378 e. The fourth-order valence-corrected chi connectivity index (χ4v) is 3.87. The van der Waals surface area contributed by atoms with E-state index in [1.54, 1.807) is 0 Å². The highest BCUT2D eigenvalue weighted by Gasteiger charge is 2.53. The molecular weight excluding hydrogens is 284 g/mol. The van der Waals surface area contributed by atoms with Crippen molar-refractivity contribution in [3.05, 3.63) is 0 Å². The summed E-state index contributed by atoms with van der Waals surface area (Å²) >= 11 is 0. The zero-order valence-corrected chi connectivity index (χ0v) is 13.0. The van der Waals surface area contributed by atoms with E-state index in [-0.39, 0.29) is 17.4 Å². The van der Waals surface area contributed by atoms with Gasteiger partial charge in [-0.2, -0.15) is 0 Å². The van der Waals surface area contributed by atoms with Gasteiger partial charge < -0.3 is 19.3 Å². The summed E-state index contributed by atoms with van der Waals surface area (Å²) in [5.74, 6) is 1.12. The molecule has 0 aromatic rings. The van der Waals surface area contributed by atoms with Crippen LogP contribution in [0, 0.1) is 11.8 Å². The molecule has 3 aliphatic heterocycles. The highest BCUT2D eigenvalue weighted by molar-refractivity contribution is 5.82. The second-order valence-electron chi connectivity index (χ2n) is 7.23. The van der Waals surface area contributed by atoms with Crippen LogP contribution in [0.1, 0.15) is 25.7 Å². The highest BCUT2D eigenvalue weighted by Crippen LogP contribution is 2.42. The van der Waals surface area contributed by atoms with E-state index >= 15 is 0 Å². The maximum absolute atomic E-state index is 12.3. The van der Waals surface area contributed by atoms with Gasteiger partial charge in [0, 0.05) is 25.4 Å². The average Bonchev–Trinajstić information content (AvgIpc) is 3.27. The van der Waals surface area contributed by atoms with Crippen LogP contribution in [0.4, 0.5) is 0 Å². The Bertz CT molecular complexity index is 465. The molecule has 122 valence electrons. The molecule has 6 heteroatoms. The SMILES string of the molecule is O=C(CC1COC2(C1)CN(C(=O)C1CC1)C2)N1CCOCC1. The van der Waals surface area contributed by atoms with Crippen molar-refractivity contribution in [2.75, 3.05) is 46.0 Å². The zero-order valence-electron chi connectivity index (χ0n) is 13.0. The van der Waals surface area contributed by atoms with Crippen LogP contribution in [0.3, 0.4) is 0 Å². The molecule has 1 aliphatic carbocycles. The fraction of sp³-hybridized carbons (Fsp3) is 0.875. The molecule has 1 unspecified atom stereocenters. The lowest BCUT2D eigenvalue weighted by Crippen LogP contribution is -2.63. The topological polar surface area (TPSA) is 59.1 Å². The Labute approximate surface area is 130 Å². The summed E-state index contributed by atoms with van der Waals surface area (Å²) in [4.78, 5) is 28.1. The van der Waals surface area contributed by atoms with E-state index in [1.807, 2.05) is 9.80 Å². The van der Waals surface area contributed by atoms with Gasteiger partial charge in [-0.15, -0.1) is 0 Å². The summed E-state index contributed by atoms with van der Waals surface area (Å²) in [6.07, 6.45) is 3.59. The van der Waals surface area contributed by atoms with Crippen LogP contribution in [0.2, 0.25) is 0 Å². The third-order valence-corrected chi connectivity index (χ3v) is 5.31. The molecule has 0 bridgehead atoms. The Hall–Kier alpha value is -1.14. The molecule has 0 N–H and O–H groups in total. The van der Waals surface area contributed by atoms with Crippen molar-refractivity contribution < 1.29 is 19.1 Å². The molecule has 3 saturated heterocycles. The van der Waals surface area contributed by atoms with E-state index in [4.69, 9.17) is 9.47 Å².